The second kappa shape index (κ2) is 7.31. The van der Waals surface area contributed by atoms with Crippen molar-refractivity contribution in [2.75, 3.05) is 11.9 Å². The minimum atomic E-state index is -0.908. The number of rotatable bonds is 4. The Morgan fingerprint density at radius 3 is 2.90 bits per heavy atom. The molecule has 0 aliphatic carbocycles. The van der Waals surface area contributed by atoms with Crippen LogP contribution in [0.25, 0.3) is 32.2 Å². The van der Waals surface area contributed by atoms with Crippen LogP contribution >= 0.6 is 11.3 Å². The standard InChI is InChI=1S/C23H19N3O4S/c1-11-9-16-22(31-23(26-16)25-12(2)27)20(15(11)10-18(28)29)14-3-4-17-19-13(6-8-30-17)5-7-24-21(14)19/h3-5,7,9H,6,8,10H2,1-2H3,(H,28,29)(H,25,26,27). The number of pyridine rings is 1. The van der Waals surface area contributed by atoms with Crippen molar-refractivity contribution in [1.82, 2.24) is 9.97 Å². The van der Waals surface area contributed by atoms with Gasteiger partial charge in [0.1, 0.15) is 5.75 Å². The Morgan fingerprint density at radius 2 is 2.13 bits per heavy atom. The van der Waals surface area contributed by atoms with Crippen LogP contribution in [-0.2, 0) is 22.4 Å². The quantitative estimate of drug-likeness (QED) is 0.496. The first-order chi connectivity index (χ1) is 14.9. The summed E-state index contributed by atoms with van der Waals surface area (Å²) < 4.78 is 6.67. The van der Waals surface area contributed by atoms with E-state index in [0.29, 0.717) is 17.3 Å². The van der Waals surface area contributed by atoms with Crippen molar-refractivity contribution < 1.29 is 19.4 Å². The first-order valence-electron chi connectivity index (χ1n) is 9.88. The van der Waals surface area contributed by atoms with Gasteiger partial charge in [0.2, 0.25) is 5.91 Å². The van der Waals surface area contributed by atoms with Crippen molar-refractivity contribution in [3.8, 4) is 16.9 Å². The molecule has 2 aromatic heterocycles. The largest absolute Gasteiger partial charge is 0.493 e. The van der Waals surface area contributed by atoms with Crippen LogP contribution in [0.1, 0.15) is 23.6 Å². The lowest BCUT2D eigenvalue weighted by atomic mass is 9.90. The number of carbonyl (C=O) groups excluding carboxylic acids is 1. The minimum Gasteiger partial charge on any atom is -0.493 e. The van der Waals surface area contributed by atoms with E-state index in [9.17, 15) is 14.7 Å². The van der Waals surface area contributed by atoms with Gasteiger partial charge in [0.15, 0.2) is 5.13 Å². The van der Waals surface area contributed by atoms with Crippen LogP contribution in [0.3, 0.4) is 0 Å². The summed E-state index contributed by atoms with van der Waals surface area (Å²) >= 11 is 1.34. The number of hydrogen-bond acceptors (Lipinski definition) is 6. The number of carboxylic acids is 1. The number of thiazole rings is 1. The van der Waals surface area contributed by atoms with Crippen LogP contribution < -0.4 is 10.1 Å². The number of fused-ring (bicyclic) bond motifs is 1. The lowest BCUT2D eigenvalue weighted by Gasteiger charge is -2.20. The van der Waals surface area contributed by atoms with Crippen molar-refractivity contribution >= 4 is 49.5 Å². The van der Waals surface area contributed by atoms with Crippen molar-refractivity contribution in [2.45, 2.75) is 26.7 Å². The van der Waals surface area contributed by atoms with Gasteiger partial charge in [-0.1, -0.05) is 11.3 Å². The van der Waals surface area contributed by atoms with Gasteiger partial charge in [-0.25, -0.2) is 4.98 Å². The average Bonchev–Trinajstić information content (AvgIpc) is 3.10. The van der Waals surface area contributed by atoms with E-state index in [1.165, 1.54) is 23.8 Å². The third-order valence-corrected chi connectivity index (χ3v) is 6.46. The van der Waals surface area contributed by atoms with Crippen molar-refractivity contribution in [3.05, 3.63) is 47.2 Å². The molecule has 2 N–H and O–H groups in total. The third-order valence-electron chi connectivity index (χ3n) is 5.46. The molecule has 0 unspecified atom stereocenters. The highest BCUT2D eigenvalue weighted by molar-refractivity contribution is 7.23. The van der Waals surface area contributed by atoms with Gasteiger partial charge in [0.25, 0.3) is 0 Å². The van der Waals surface area contributed by atoms with Crippen molar-refractivity contribution in [2.24, 2.45) is 0 Å². The second-order valence-electron chi connectivity index (χ2n) is 7.57. The number of carbonyl (C=O) groups is 2. The lowest BCUT2D eigenvalue weighted by Crippen LogP contribution is -2.09. The maximum atomic E-state index is 11.7. The molecule has 0 saturated carbocycles. The molecule has 1 amide bonds. The molecule has 4 aromatic rings. The molecule has 8 heteroatoms. The molecule has 5 rings (SSSR count). The Balaban J connectivity index is 1.87. The number of aryl methyl sites for hydroxylation is 1. The summed E-state index contributed by atoms with van der Waals surface area (Å²) in [6, 6.07) is 7.75. The zero-order valence-corrected chi connectivity index (χ0v) is 17.8. The highest BCUT2D eigenvalue weighted by atomic mass is 32.1. The van der Waals surface area contributed by atoms with Gasteiger partial charge in [-0.2, -0.15) is 0 Å². The van der Waals surface area contributed by atoms with Gasteiger partial charge in [-0.15, -0.1) is 0 Å². The van der Waals surface area contributed by atoms with E-state index in [-0.39, 0.29) is 12.3 Å². The number of hydrogen-bond donors (Lipinski definition) is 2. The molecule has 31 heavy (non-hydrogen) atoms. The normalized spacial score (nSPS) is 12.7. The van der Waals surface area contributed by atoms with Crippen LogP contribution in [0.2, 0.25) is 0 Å². The van der Waals surface area contributed by atoms with Crippen molar-refractivity contribution in [3.63, 3.8) is 0 Å². The van der Waals surface area contributed by atoms with Crippen LogP contribution in [-0.4, -0.2) is 33.6 Å². The first kappa shape index (κ1) is 19.4. The zero-order valence-electron chi connectivity index (χ0n) is 17.0. The Morgan fingerprint density at radius 1 is 1.29 bits per heavy atom. The van der Waals surface area contributed by atoms with E-state index in [1.807, 2.05) is 31.2 Å². The van der Waals surface area contributed by atoms with Gasteiger partial charge in [-0.05, 0) is 47.9 Å². The average molecular weight is 433 g/mol. The zero-order chi connectivity index (χ0) is 21.7. The minimum absolute atomic E-state index is 0.121. The van der Waals surface area contributed by atoms with E-state index in [0.717, 1.165) is 50.0 Å². The monoisotopic (exact) mass is 433 g/mol. The molecule has 2 aromatic carbocycles. The Hall–Kier alpha value is -3.52. The van der Waals surface area contributed by atoms with Gasteiger partial charge >= 0.3 is 5.97 Å². The molecule has 0 atom stereocenters. The third kappa shape index (κ3) is 3.29. The fraction of sp³-hybridized carbons (Fsp3) is 0.217. The summed E-state index contributed by atoms with van der Waals surface area (Å²) in [7, 11) is 0. The predicted octanol–water partition coefficient (Wildman–Crippen LogP) is 4.34. The topological polar surface area (TPSA) is 101 Å². The van der Waals surface area contributed by atoms with E-state index in [2.05, 4.69) is 15.3 Å². The SMILES string of the molecule is CC(=O)Nc1nc2cc(C)c(CC(=O)O)c(-c3ccc4c5c(ccnc35)CCO4)c2s1. The summed E-state index contributed by atoms with van der Waals surface area (Å²) in [4.78, 5) is 32.5. The fourth-order valence-corrected chi connectivity index (χ4v) is 5.28. The molecule has 0 spiro atoms. The number of nitrogens with zero attached hydrogens (tertiary/aromatic N) is 2. The highest BCUT2D eigenvalue weighted by Crippen LogP contribution is 2.44. The Labute approximate surface area is 181 Å². The Bertz CT molecular complexity index is 1380. The molecule has 0 radical (unpaired) electrons. The molecule has 3 heterocycles. The second-order valence-corrected chi connectivity index (χ2v) is 8.57. The summed E-state index contributed by atoms with van der Waals surface area (Å²) in [6.45, 7) is 3.95. The molecular weight excluding hydrogens is 414 g/mol. The lowest BCUT2D eigenvalue weighted by molar-refractivity contribution is -0.136. The number of aliphatic carboxylic acids is 1. The number of aromatic nitrogens is 2. The van der Waals surface area contributed by atoms with Gasteiger partial charge < -0.3 is 15.2 Å². The number of anilines is 1. The summed E-state index contributed by atoms with van der Waals surface area (Å²) in [6.07, 6.45) is 2.47. The van der Waals surface area contributed by atoms with Crippen LogP contribution in [0.4, 0.5) is 5.13 Å². The summed E-state index contributed by atoms with van der Waals surface area (Å²) in [5.74, 6) is -0.321. The molecule has 0 bridgehead atoms. The molecule has 7 nitrogen and oxygen atoms in total. The van der Waals surface area contributed by atoms with Crippen LogP contribution in [0, 0.1) is 6.92 Å². The first-order valence-corrected chi connectivity index (χ1v) is 10.7. The van der Waals surface area contributed by atoms with Crippen LogP contribution in [0.5, 0.6) is 5.75 Å². The molecule has 0 saturated heterocycles. The van der Waals surface area contributed by atoms with E-state index in [4.69, 9.17) is 4.74 Å². The van der Waals surface area contributed by atoms with Crippen molar-refractivity contribution in [1.29, 1.82) is 0 Å². The van der Waals surface area contributed by atoms with E-state index >= 15 is 0 Å². The number of nitrogens with one attached hydrogen (secondary N) is 1. The number of ether oxygens (including phenoxy) is 1. The molecule has 156 valence electrons. The maximum Gasteiger partial charge on any atom is 0.307 e. The molecular formula is C23H19N3O4S. The smallest absolute Gasteiger partial charge is 0.307 e. The predicted molar refractivity (Wildman–Crippen MR) is 120 cm³/mol. The molecule has 1 aliphatic rings. The van der Waals surface area contributed by atoms with Gasteiger partial charge in [-0.3, -0.25) is 14.6 Å². The maximum absolute atomic E-state index is 11.7. The number of carboxylic acid groups (broad SMARTS) is 1. The summed E-state index contributed by atoms with van der Waals surface area (Å²) in [5, 5.41) is 13.8. The van der Waals surface area contributed by atoms with E-state index < -0.39 is 5.97 Å². The molecule has 0 fully saturated rings. The highest BCUT2D eigenvalue weighted by Gasteiger charge is 2.23. The number of benzene rings is 2. The van der Waals surface area contributed by atoms with Gasteiger partial charge in [0.05, 0.1) is 28.8 Å². The Kier molecular flexibility index (Phi) is 4.59. The van der Waals surface area contributed by atoms with Crippen LogP contribution in [0.15, 0.2) is 30.5 Å². The number of amides is 1. The fourth-order valence-electron chi connectivity index (χ4n) is 4.21. The van der Waals surface area contributed by atoms with Gasteiger partial charge in [0, 0.05) is 36.1 Å². The summed E-state index contributed by atoms with van der Waals surface area (Å²) in [5.41, 5.74) is 5.86. The van der Waals surface area contributed by atoms with E-state index in [1.54, 1.807) is 6.20 Å². The molecule has 1 aliphatic heterocycles.